The lowest BCUT2D eigenvalue weighted by atomic mass is 10.2. The lowest BCUT2D eigenvalue weighted by molar-refractivity contribution is -0.918. The van der Waals surface area contributed by atoms with Crippen LogP contribution in [-0.4, -0.2) is 49.1 Å². The van der Waals surface area contributed by atoms with Crippen LogP contribution in [0.2, 0.25) is 0 Å². The number of hydrogen-bond donors (Lipinski definition) is 1. The number of nitrogens with one attached hydrogen (secondary N) is 1. The highest BCUT2D eigenvalue weighted by Crippen LogP contribution is 2.21. The summed E-state index contributed by atoms with van der Waals surface area (Å²) in [5.41, 5.74) is 2.75. The number of piperazine rings is 1. The lowest BCUT2D eigenvalue weighted by Gasteiger charge is -2.31. The van der Waals surface area contributed by atoms with Crippen molar-refractivity contribution in [2.75, 3.05) is 26.2 Å². The Bertz CT molecular complexity index is 1090. The molecule has 1 N–H and O–H groups in total. The van der Waals surface area contributed by atoms with Crippen LogP contribution in [0.25, 0.3) is 11.5 Å². The van der Waals surface area contributed by atoms with Crippen molar-refractivity contribution >= 4 is 10.0 Å². The quantitative estimate of drug-likeness (QED) is 0.685. The average Bonchev–Trinajstić information content (AvgIpc) is 3.17. The monoisotopic (exact) mass is 413 g/mol. The van der Waals surface area contributed by atoms with E-state index in [0.29, 0.717) is 49.4 Å². The summed E-state index contributed by atoms with van der Waals surface area (Å²) in [6.07, 6.45) is 0. The number of benzene rings is 2. The van der Waals surface area contributed by atoms with Crippen LogP contribution in [0.1, 0.15) is 17.0 Å². The molecule has 0 unspecified atom stereocenters. The average molecular weight is 414 g/mol. The van der Waals surface area contributed by atoms with Gasteiger partial charge in [-0.25, -0.2) is 8.42 Å². The lowest BCUT2D eigenvalue weighted by Crippen LogP contribution is -3.13. The maximum absolute atomic E-state index is 13.0. The molecule has 0 amide bonds. The van der Waals surface area contributed by atoms with E-state index in [1.807, 2.05) is 56.3 Å². The Balaban J connectivity index is 1.39. The first-order valence-electron chi connectivity index (χ1n) is 9.72. The number of quaternary nitrogens is 1. The van der Waals surface area contributed by atoms with Crippen LogP contribution in [0.5, 0.6) is 0 Å². The second-order valence-corrected chi connectivity index (χ2v) is 9.37. The Morgan fingerprint density at radius 1 is 1.03 bits per heavy atom. The van der Waals surface area contributed by atoms with E-state index in [2.05, 4.69) is 10.2 Å². The van der Waals surface area contributed by atoms with Gasteiger partial charge >= 0.3 is 0 Å². The van der Waals surface area contributed by atoms with Gasteiger partial charge in [0.15, 0.2) is 6.54 Å². The Morgan fingerprint density at radius 3 is 2.45 bits per heavy atom. The zero-order chi connectivity index (χ0) is 20.4. The van der Waals surface area contributed by atoms with Crippen LogP contribution in [0.15, 0.2) is 57.8 Å². The van der Waals surface area contributed by atoms with Crippen LogP contribution >= 0.6 is 0 Å². The molecule has 0 atom stereocenters. The Labute approximate surface area is 171 Å². The highest BCUT2D eigenvalue weighted by molar-refractivity contribution is 7.89. The largest absolute Gasteiger partial charge is 0.415 e. The molecule has 1 fully saturated rings. The zero-order valence-electron chi connectivity index (χ0n) is 16.6. The van der Waals surface area contributed by atoms with Crippen molar-refractivity contribution in [1.29, 1.82) is 0 Å². The highest BCUT2D eigenvalue weighted by Gasteiger charge is 2.32. The third-order valence-corrected chi connectivity index (χ3v) is 7.33. The molecule has 2 heterocycles. The maximum atomic E-state index is 13.0. The molecule has 1 aromatic heterocycles. The van der Waals surface area contributed by atoms with Crippen molar-refractivity contribution in [3.63, 3.8) is 0 Å². The van der Waals surface area contributed by atoms with E-state index in [0.717, 1.165) is 16.7 Å². The Hall–Kier alpha value is -2.55. The molecule has 0 aliphatic carbocycles. The second kappa shape index (κ2) is 8.06. The number of aromatic nitrogens is 2. The van der Waals surface area contributed by atoms with E-state index in [1.54, 1.807) is 10.4 Å². The summed E-state index contributed by atoms with van der Waals surface area (Å²) in [7, 11) is -3.47. The molecule has 0 saturated carbocycles. The molecule has 29 heavy (non-hydrogen) atoms. The standard InChI is InChI=1S/C21H24N4O3S/c1-16-8-9-19(17(2)14-16)29(26,27)25-12-10-24(11-13-25)15-20-22-23-21(28-20)18-6-4-3-5-7-18/h3-9,14H,10-13,15H2,1-2H3/p+1. The first kappa shape index (κ1) is 19.8. The van der Waals surface area contributed by atoms with Crippen molar-refractivity contribution < 1.29 is 17.7 Å². The SMILES string of the molecule is Cc1ccc(S(=O)(=O)N2CC[NH+](Cc3nnc(-c4ccccc4)o3)CC2)c(C)c1. The minimum atomic E-state index is -3.47. The smallest absolute Gasteiger partial charge is 0.271 e. The minimum Gasteiger partial charge on any atom is -0.415 e. The van der Waals surface area contributed by atoms with Gasteiger partial charge in [-0.05, 0) is 37.6 Å². The zero-order valence-corrected chi connectivity index (χ0v) is 17.4. The van der Waals surface area contributed by atoms with E-state index >= 15 is 0 Å². The van der Waals surface area contributed by atoms with Crippen LogP contribution < -0.4 is 4.90 Å². The molecule has 0 bridgehead atoms. The van der Waals surface area contributed by atoms with Crippen molar-refractivity contribution in [1.82, 2.24) is 14.5 Å². The summed E-state index contributed by atoms with van der Waals surface area (Å²) < 4.78 is 33.4. The second-order valence-electron chi connectivity index (χ2n) is 7.47. The number of rotatable bonds is 5. The van der Waals surface area contributed by atoms with E-state index < -0.39 is 10.0 Å². The molecule has 3 aromatic rings. The van der Waals surface area contributed by atoms with Gasteiger partial charge in [-0.3, -0.25) is 0 Å². The van der Waals surface area contributed by atoms with Gasteiger partial charge in [-0.1, -0.05) is 35.9 Å². The molecule has 4 rings (SSSR count). The minimum absolute atomic E-state index is 0.399. The first-order chi connectivity index (χ1) is 13.9. The fourth-order valence-electron chi connectivity index (χ4n) is 3.68. The molecular weight excluding hydrogens is 388 g/mol. The Morgan fingerprint density at radius 2 is 1.76 bits per heavy atom. The predicted octanol–water partition coefficient (Wildman–Crippen LogP) is 1.44. The van der Waals surface area contributed by atoms with Crippen LogP contribution in [0.3, 0.4) is 0 Å². The van der Waals surface area contributed by atoms with Crippen molar-refractivity contribution in [3.05, 3.63) is 65.5 Å². The van der Waals surface area contributed by atoms with E-state index in [1.165, 1.54) is 4.90 Å². The van der Waals surface area contributed by atoms with Gasteiger partial charge in [0, 0.05) is 5.56 Å². The van der Waals surface area contributed by atoms with Crippen LogP contribution in [0.4, 0.5) is 0 Å². The molecule has 1 aliphatic heterocycles. The number of sulfonamides is 1. The fourth-order valence-corrected chi connectivity index (χ4v) is 5.33. The van der Waals surface area contributed by atoms with Gasteiger partial charge in [0.05, 0.1) is 31.1 Å². The van der Waals surface area contributed by atoms with E-state index in [4.69, 9.17) is 4.42 Å². The predicted molar refractivity (Wildman–Crippen MR) is 109 cm³/mol. The van der Waals surface area contributed by atoms with Crippen LogP contribution in [0, 0.1) is 13.8 Å². The van der Waals surface area contributed by atoms with Gasteiger partial charge in [-0.2, -0.15) is 4.31 Å². The van der Waals surface area contributed by atoms with Crippen molar-refractivity contribution in [2.24, 2.45) is 0 Å². The first-order valence-corrected chi connectivity index (χ1v) is 11.2. The third kappa shape index (κ3) is 4.24. The summed E-state index contributed by atoms with van der Waals surface area (Å²) in [4.78, 5) is 1.64. The summed E-state index contributed by atoms with van der Waals surface area (Å²) >= 11 is 0. The van der Waals surface area contributed by atoms with Gasteiger partial charge in [-0.15, -0.1) is 10.2 Å². The molecule has 152 valence electrons. The van der Waals surface area contributed by atoms with Crippen molar-refractivity contribution in [2.45, 2.75) is 25.3 Å². The normalized spacial score (nSPS) is 16.2. The Kier molecular flexibility index (Phi) is 5.49. The summed E-state index contributed by atoms with van der Waals surface area (Å²) in [5.74, 6) is 1.08. The topological polar surface area (TPSA) is 80.7 Å². The molecular formula is C21H25N4O3S+. The molecule has 1 saturated heterocycles. The fraction of sp³-hybridized carbons (Fsp3) is 0.333. The summed E-state index contributed by atoms with van der Waals surface area (Å²) in [6, 6.07) is 15.1. The third-order valence-electron chi connectivity index (χ3n) is 5.27. The number of hydrogen-bond acceptors (Lipinski definition) is 5. The highest BCUT2D eigenvalue weighted by atomic mass is 32.2. The van der Waals surface area contributed by atoms with Gasteiger partial charge in [0.1, 0.15) is 0 Å². The number of aryl methyl sites for hydroxylation is 2. The number of nitrogens with zero attached hydrogens (tertiary/aromatic N) is 3. The van der Waals surface area contributed by atoms with Gasteiger partial charge in [0.2, 0.25) is 15.9 Å². The maximum Gasteiger partial charge on any atom is 0.271 e. The molecule has 2 aromatic carbocycles. The van der Waals surface area contributed by atoms with Crippen molar-refractivity contribution in [3.8, 4) is 11.5 Å². The van der Waals surface area contributed by atoms with Gasteiger partial charge in [0.25, 0.3) is 5.89 Å². The summed E-state index contributed by atoms with van der Waals surface area (Å²) in [5, 5.41) is 8.28. The van der Waals surface area contributed by atoms with Gasteiger partial charge < -0.3 is 9.32 Å². The molecule has 7 nitrogen and oxygen atoms in total. The molecule has 0 radical (unpaired) electrons. The molecule has 8 heteroatoms. The molecule has 1 aliphatic rings. The van der Waals surface area contributed by atoms with Crippen LogP contribution in [-0.2, 0) is 16.6 Å². The summed E-state index contributed by atoms with van der Waals surface area (Å²) in [6.45, 7) is 6.76. The van der Waals surface area contributed by atoms with E-state index in [9.17, 15) is 8.42 Å². The van der Waals surface area contributed by atoms with E-state index in [-0.39, 0.29) is 0 Å². The molecule has 0 spiro atoms.